The standard InChI is InChI=1S/C20H18O7/c1-25-17(21)7-3-5-8-9(6-4-7)11-13-12(16(13)18(22)26-2)10(8)14-15(11)20(24)27-19(14)23/h3-7,10-16H,1-2H3. The van der Waals surface area contributed by atoms with Gasteiger partial charge in [0.25, 0.3) is 0 Å². The van der Waals surface area contributed by atoms with Gasteiger partial charge in [0.2, 0.25) is 0 Å². The van der Waals surface area contributed by atoms with E-state index in [1.807, 2.05) is 12.2 Å². The molecule has 0 N–H and O–H groups in total. The molecule has 6 unspecified atom stereocenters. The van der Waals surface area contributed by atoms with E-state index in [-0.39, 0.29) is 41.5 Å². The second-order valence-electron chi connectivity index (χ2n) is 7.72. The smallest absolute Gasteiger partial charge is 0.318 e. The van der Waals surface area contributed by atoms with E-state index in [2.05, 4.69) is 0 Å². The summed E-state index contributed by atoms with van der Waals surface area (Å²) in [6.07, 6.45) is 7.19. The summed E-state index contributed by atoms with van der Waals surface area (Å²) in [5, 5.41) is 0. The van der Waals surface area contributed by atoms with Gasteiger partial charge < -0.3 is 14.2 Å². The fraction of sp³-hybridized carbons (Fsp3) is 0.500. The molecule has 7 heteroatoms. The second-order valence-corrected chi connectivity index (χ2v) is 7.72. The summed E-state index contributed by atoms with van der Waals surface area (Å²) in [6.45, 7) is 0. The third-order valence-electron chi connectivity index (χ3n) is 6.83. The van der Waals surface area contributed by atoms with Gasteiger partial charge in [-0.05, 0) is 23.0 Å². The fourth-order valence-electron chi connectivity index (χ4n) is 5.86. The van der Waals surface area contributed by atoms with Crippen molar-refractivity contribution >= 4 is 23.9 Å². The molecule has 2 bridgehead atoms. The van der Waals surface area contributed by atoms with Crippen molar-refractivity contribution in [2.75, 3.05) is 14.2 Å². The first-order valence-corrected chi connectivity index (χ1v) is 9.01. The first kappa shape index (κ1) is 16.5. The van der Waals surface area contributed by atoms with E-state index in [0.717, 1.165) is 11.1 Å². The molecule has 6 aliphatic rings. The topological polar surface area (TPSA) is 96.0 Å². The maximum Gasteiger partial charge on any atom is 0.318 e. The lowest BCUT2D eigenvalue weighted by Gasteiger charge is -2.43. The highest BCUT2D eigenvalue weighted by Gasteiger charge is 2.76. The molecule has 2 saturated carbocycles. The number of allylic oxidation sites excluding steroid dienone is 4. The SMILES string of the molecule is COC(=O)C1C=CC2=C(C=C1)C1C3C(=O)OC(=O)C3C2C2C(C(=O)OC)C12. The van der Waals surface area contributed by atoms with E-state index in [0.29, 0.717) is 0 Å². The largest absolute Gasteiger partial charge is 0.469 e. The highest BCUT2D eigenvalue weighted by molar-refractivity contribution is 5.99. The molecule has 0 aromatic heterocycles. The van der Waals surface area contributed by atoms with Crippen LogP contribution in [0.3, 0.4) is 0 Å². The molecule has 6 rings (SSSR count). The predicted octanol–water partition coefficient (Wildman–Crippen LogP) is 0.809. The summed E-state index contributed by atoms with van der Waals surface area (Å²) in [5.74, 6) is -4.26. The number of hydrogen-bond donors (Lipinski definition) is 0. The van der Waals surface area contributed by atoms with Gasteiger partial charge in [-0.3, -0.25) is 19.2 Å². The normalized spacial score (nSPS) is 42.7. The minimum absolute atomic E-state index is 0.0337. The van der Waals surface area contributed by atoms with Crippen molar-refractivity contribution in [1.29, 1.82) is 0 Å². The van der Waals surface area contributed by atoms with E-state index in [1.165, 1.54) is 14.2 Å². The monoisotopic (exact) mass is 370 g/mol. The van der Waals surface area contributed by atoms with Crippen molar-refractivity contribution in [2.45, 2.75) is 0 Å². The van der Waals surface area contributed by atoms with Crippen molar-refractivity contribution in [2.24, 2.45) is 47.3 Å². The van der Waals surface area contributed by atoms with Crippen molar-refractivity contribution in [3.63, 3.8) is 0 Å². The average molecular weight is 370 g/mol. The van der Waals surface area contributed by atoms with E-state index < -0.39 is 29.7 Å². The van der Waals surface area contributed by atoms with Gasteiger partial charge in [-0.2, -0.15) is 0 Å². The average Bonchev–Trinajstić information content (AvgIpc) is 3.39. The molecule has 5 aliphatic carbocycles. The Bertz CT molecular complexity index is 825. The Morgan fingerprint density at radius 3 is 1.74 bits per heavy atom. The molecular formula is C20H18O7. The van der Waals surface area contributed by atoms with Crippen molar-refractivity contribution in [3.8, 4) is 0 Å². The number of methoxy groups -OCH3 is 2. The predicted molar refractivity (Wildman–Crippen MR) is 88.4 cm³/mol. The van der Waals surface area contributed by atoms with Gasteiger partial charge in [0.15, 0.2) is 0 Å². The summed E-state index contributed by atoms with van der Waals surface area (Å²) in [6, 6.07) is 0. The summed E-state index contributed by atoms with van der Waals surface area (Å²) >= 11 is 0. The molecule has 140 valence electrons. The number of ether oxygens (including phenoxy) is 3. The highest BCUT2D eigenvalue weighted by Crippen LogP contribution is 2.72. The lowest BCUT2D eigenvalue weighted by molar-refractivity contribution is -0.154. The number of esters is 4. The Morgan fingerprint density at radius 1 is 0.815 bits per heavy atom. The molecule has 0 aromatic rings. The highest BCUT2D eigenvalue weighted by atomic mass is 16.6. The Morgan fingerprint density at radius 2 is 1.30 bits per heavy atom. The number of hydrogen-bond acceptors (Lipinski definition) is 7. The van der Waals surface area contributed by atoms with Gasteiger partial charge in [0.05, 0.1) is 37.9 Å². The van der Waals surface area contributed by atoms with Crippen LogP contribution < -0.4 is 0 Å². The number of carbonyl (C=O) groups excluding carboxylic acids is 4. The van der Waals surface area contributed by atoms with Crippen LogP contribution in [0.4, 0.5) is 0 Å². The Labute approximate surface area is 155 Å². The quantitative estimate of drug-likeness (QED) is 0.403. The van der Waals surface area contributed by atoms with Gasteiger partial charge in [0.1, 0.15) is 0 Å². The van der Waals surface area contributed by atoms with Gasteiger partial charge >= 0.3 is 23.9 Å². The maximum atomic E-state index is 12.4. The second kappa shape index (κ2) is 5.41. The van der Waals surface area contributed by atoms with Crippen molar-refractivity contribution < 1.29 is 33.4 Å². The number of carbonyl (C=O) groups is 4. The Kier molecular flexibility index (Phi) is 3.30. The Hall–Kier alpha value is -2.70. The molecule has 7 nitrogen and oxygen atoms in total. The third-order valence-corrected chi connectivity index (χ3v) is 6.83. The number of rotatable bonds is 2. The first-order chi connectivity index (χ1) is 13.0. The van der Waals surface area contributed by atoms with E-state index in [1.54, 1.807) is 12.2 Å². The molecular weight excluding hydrogens is 352 g/mol. The minimum atomic E-state index is -0.565. The van der Waals surface area contributed by atoms with Gasteiger partial charge in [-0.25, -0.2) is 0 Å². The Balaban J connectivity index is 1.61. The molecule has 1 aliphatic heterocycles. The van der Waals surface area contributed by atoms with E-state index in [9.17, 15) is 19.2 Å². The summed E-state index contributed by atoms with van der Waals surface area (Å²) < 4.78 is 14.7. The van der Waals surface area contributed by atoms with Crippen molar-refractivity contribution in [1.82, 2.24) is 0 Å². The minimum Gasteiger partial charge on any atom is -0.469 e. The molecule has 6 atom stereocenters. The first-order valence-electron chi connectivity index (χ1n) is 9.01. The van der Waals surface area contributed by atoms with Crippen LogP contribution in [-0.4, -0.2) is 38.1 Å². The lowest BCUT2D eigenvalue weighted by atomic mass is 9.57. The molecule has 3 fully saturated rings. The van der Waals surface area contributed by atoms with Gasteiger partial charge in [0, 0.05) is 11.8 Å². The maximum absolute atomic E-state index is 12.4. The fourth-order valence-corrected chi connectivity index (χ4v) is 5.86. The van der Waals surface area contributed by atoms with Gasteiger partial charge in [-0.1, -0.05) is 24.3 Å². The molecule has 0 amide bonds. The van der Waals surface area contributed by atoms with Crippen molar-refractivity contribution in [3.05, 3.63) is 35.5 Å². The summed E-state index contributed by atoms with van der Waals surface area (Å²) in [5.41, 5.74) is 1.84. The zero-order valence-corrected chi connectivity index (χ0v) is 14.8. The van der Waals surface area contributed by atoms with Crippen LogP contribution in [0.25, 0.3) is 0 Å². The molecule has 27 heavy (non-hydrogen) atoms. The summed E-state index contributed by atoms with van der Waals surface area (Å²) in [7, 11) is 2.69. The van der Waals surface area contributed by atoms with E-state index in [4.69, 9.17) is 14.2 Å². The zero-order chi connectivity index (χ0) is 19.0. The van der Waals surface area contributed by atoms with Crippen LogP contribution in [0.1, 0.15) is 0 Å². The summed E-state index contributed by atoms with van der Waals surface area (Å²) in [4.78, 5) is 49.0. The zero-order valence-electron chi connectivity index (χ0n) is 14.8. The molecule has 1 saturated heterocycles. The van der Waals surface area contributed by atoms with Crippen LogP contribution >= 0.6 is 0 Å². The third kappa shape index (κ3) is 1.97. The van der Waals surface area contributed by atoms with Crippen LogP contribution in [-0.2, 0) is 33.4 Å². The van der Waals surface area contributed by atoms with Crippen LogP contribution in [0.15, 0.2) is 35.5 Å². The van der Waals surface area contributed by atoms with Crippen LogP contribution in [0.2, 0.25) is 0 Å². The lowest BCUT2D eigenvalue weighted by Crippen LogP contribution is -2.44. The molecule has 0 radical (unpaired) electrons. The van der Waals surface area contributed by atoms with E-state index >= 15 is 0 Å². The number of cyclic esters (lactones) is 2. The molecule has 0 spiro atoms. The molecule has 0 aromatic carbocycles. The van der Waals surface area contributed by atoms with Crippen LogP contribution in [0.5, 0.6) is 0 Å². The van der Waals surface area contributed by atoms with Gasteiger partial charge in [-0.15, -0.1) is 0 Å². The molecule has 1 heterocycles. The van der Waals surface area contributed by atoms with Crippen LogP contribution in [0, 0.1) is 47.3 Å².